The normalized spacial score (nSPS) is 13.4. The highest BCUT2D eigenvalue weighted by atomic mass is 35.5. The summed E-state index contributed by atoms with van der Waals surface area (Å²) in [4.78, 5) is 29.8. The van der Waals surface area contributed by atoms with Gasteiger partial charge in [0.25, 0.3) is 11.8 Å². The Hall–Kier alpha value is -2.24. The largest absolute Gasteiger partial charge is 0.371 e. The van der Waals surface area contributed by atoms with Gasteiger partial charge in [-0.15, -0.1) is 0 Å². The quantitative estimate of drug-likeness (QED) is 0.669. The maximum atomic E-state index is 13.1. The first-order chi connectivity index (χ1) is 13.9. The van der Waals surface area contributed by atoms with E-state index >= 15 is 0 Å². The van der Waals surface area contributed by atoms with Crippen LogP contribution in [-0.2, 0) is 0 Å². The fourth-order valence-corrected chi connectivity index (χ4v) is 3.84. The van der Waals surface area contributed by atoms with Gasteiger partial charge in [-0.25, -0.2) is 0 Å². The first-order valence-electron chi connectivity index (χ1n) is 9.89. The van der Waals surface area contributed by atoms with Crippen LogP contribution in [-0.4, -0.2) is 42.9 Å². The number of carbonyl (C=O) groups excluding carboxylic acids is 2. The van der Waals surface area contributed by atoms with Crippen molar-refractivity contribution in [3.63, 3.8) is 0 Å². The molecule has 1 aliphatic heterocycles. The number of nitrogens with one attached hydrogen (secondary N) is 1. The maximum absolute atomic E-state index is 13.1. The van der Waals surface area contributed by atoms with E-state index in [0.717, 1.165) is 31.6 Å². The molecular weight excluding hydrogens is 409 g/mol. The van der Waals surface area contributed by atoms with E-state index in [2.05, 4.69) is 10.2 Å². The molecule has 1 aliphatic rings. The number of carbonyl (C=O) groups is 2. The molecule has 0 saturated carbocycles. The number of anilines is 2. The van der Waals surface area contributed by atoms with Crippen molar-refractivity contribution in [2.75, 3.05) is 36.4 Å². The first-order valence-corrected chi connectivity index (χ1v) is 10.6. The SMILES string of the molecule is CCN(CC)C(=O)c1cc(NC(=O)c2ccc(Cl)c(Cl)c2)ccc1N1CCCC1. The topological polar surface area (TPSA) is 52.7 Å². The van der Waals surface area contributed by atoms with E-state index in [-0.39, 0.29) is 11.8 Å². The van der Waals surface area contributed by atoms with Crippen LogP contribution in [0.5, 0.6) is 0 Å². The fourth-order valence-electron chi connectivity index (χ4n) is 3.54. The molecule has 29 heavy (non-hydrogen) atoms. The van der Waals surface area contributed by atoms with E-state index in [4.69, 9.17) is 23.2 Å². The highest BCUT2D eigenvalue weighted by Crippen LogP contribution is 2.29. The molecule has 0 bridgehead atoms. The average molecular weight is 434 g/mol. The van der Waals surface area contributed by atoms with Gasteiger partial charge in [0.2, 0.25) is 0 Å². The van der Waals surface area contributed by atoms with Crippen LogP contribution in [0.1, 0.15) is 47.4 Å². The van der Waals surface area contributed by atoms with E-state index in [0.29, 0.717) is 39.9 Å². The molecule has 0 atom stereocenters. The van der Waals surface area contributed by atoms with E-state index in [1.165, 1.54) is 6.07 Å². The molecule has 0 radical (unpaired) electrons. The lowest BCUT2D eigenvalue weighted by molar-refractivity contribution is 0.0773. The zero-order valence-electron chi connectivity index (χ0n) is 16.7. The summed E-state index contributed by atoms with van der Waals surface area (Å²) in [5.74, 6) is -0.332. The average Bonchev–Trinajstić information content (AvgIpc) is 3.25. The lowest BCUT2D eigenvalue weighted by Gasteiger charge is -2.25. The Kier molecular flexibility index (Phi) is 7.04. The fraction of sp³-hybridized carbons (Fsp3) is 0.364. The molecule has 154 valence electrons. The first kappa shape index (κ1) is 21.5. The Labute approximate surface area is 181 Å². The number of halogens is 2. The second-order valence-corrected chi connectivity index (χ2v) is 7.80. The predicted molar refractivity (Wildman–Crippen MR) is 120 cm³/mol. The Morgan fingerprint density at radius 1 is 1.00 bits per heavy atom. The van der Waals surface area contributed by atoms with Crippen molar-refractivity contribution in [1.82, 2.24) is 4.90 Å². The summed E-state index contributed by atoms with van der Waals surface area (Å²) in [5, 5.41) is 3.58. The second-order valence-electron chi connectivity index (χ2n) is 6.99. The van der Waals surface area contributed by atoms with Crippen LogP contribution in [0.3, 0.4) is 0 Å². The van der Waals surface area contributed by atoms with Crippen LogP contribution in [0, 0.1) is 0 Å². The molecule has 1 saturated heterocycles. The van der Waals surface area contributed by atoms with E-state index in [1.807, 2.05) is 26.0 Å². The smallest absolute Gasteiger partial charge is 0.256 e. The number of benzene rings is 2. The van der Waals surface area contributed by atoms with Gasteiger partial charge in [0.1, 0.15) is 0 Å². The van der Waals surface area contributed by atoms with Gasteiger partial charge in [-0.2, -0.15) is 0 Å². The number of hydrogen-bond donors (Lipinski definition) is 1. The molecule has 3 rings (SSSR count). The van der Waals surface area contributed by atoms with E-state index < -0.39 is 0 Å². The Bertz CT molecular complexity index is 907. The molecule has 2 aromatic carbocycles. The number of rotatable bonds is 6. The van der Waals surface area contributed by atoms with Crippen molar-refractivity contribution >= 4 is 46.4 Å². The van der Waals surface area contributed by atoms with Gasteiger partial charge in [0.15, 0.2) is 0 Å². The molecule has 0 unspecified atom stereocenters. The van der Waals surface area contributed by atoms with Crippen LogP contribution in [0.15, 0.2) is 36.4 Å². The van der Waals surface area contributed by atoms with Gasteiger partial charge in [0.05, 0.1) is 15.6 Å². The summed E-state index contributed by atoms with van der Waals surface area (Å²) in [7, 11) is 0. The number of hydrogen-bond acceptors (Lipinski definition) is 3. The summed E-state index contributed by atoms with van der Waals surface area (Å²) >= 11 is 11.9. The van der Waals surface area contributed by atoms with E-state index in [9.17, 15) is 9.59 Å². The summed E-state index contributed by atoms with van der Waals surface area (Å²) < 4.78 is 0. The molecule has 2 aromatic rings. The van der Waals surface area contributed by atoms with Crippen LogP contribution in [0.4, 0.5) is 11.4 Å². The highest BCUT2D eigenvalue weighted by Gasteiger charge is 2.23. The van der Waals surface area contributed by atoms with Gasteiger partial charge in [-0.3, -0.25) is 9.59 Å². The standard InChI is InChI=1S/C22H25Cl2N3O2/c1-3-26(4-2)22(29)17-14-16(8-10-20(17)27-11-5-6-12-27)25-21(28)15-7-9-18(23)19(24)13-15/h7-10,13-14H,3-6,11-12H2,1-2H3,(H,25,28). The summed E-state index contributed by atoms with van der Waals surface area (Å²) in [6, 6.07) is 10.3. The van der Waals surface area contributed by atoms with Gasteiger partial charge < -0.3 is 15.1 Å². The Morgan fingerprint density at radius 3 is 2.31 bits per heavy atom. The van der Waals surface area contributed by atoms with E-state index in [1.54, 1.807) is 23.1 Å². The number of amides is 2. The third kappa shape index (κ3) is 4.85. The van der Waals surface area contributed by atoms with Crippen LogP contribution in [0.25, 0.3) is 0 Å². The van der Waals surface area contributed by atoms with Crippen molar-refractivity contribution in [3.8, 4) is 0 Å². The van der Waals surface area contributed by atoms with Crippen molar-refractivity contribution < 1.29 is 9.59 Å². The minimum Gasteiger partial charge on any atom is -0.371 e. The van der Waals surface area contributed by atoms with Gasteiger partial charge in [-0.1, -0.05) is 23.2 Å². The molecule has 0 aromatic heterocycles. The van der Waals surface area contributed by atoms with Crippen LogP contribution < -0.4 is 10.2 Å². The van der Waals surface area contributed by atoms with Crippen LogP contribution in [0.2, 0.25) is 10.0 Å². The lowest BCUT2D eigenvalue weighted by atomic mass is 10.1. The summed E-state index contributed by atoms with van der Waals surface area (Å²) in [6.45, 7) is 7.07. The predicted octanol–water partition coefficient (Wildman–Crippen LogP) is 5.33. The van der Waals surface area contributed by atoms with Crippen molar-refractivity contribution in [2.24, 2.45) is 0 Å². The zero-order chi connectivity index (χ0) is 21.0. The monoisotopic (exact) mass is 433 g/mol. The third-order valence-electron chi connectivity index (χ3n) is 5.16. The van der Waals surface area contributed by atoms with Crippen molar-refractivity contribution in [1.29, 1.82) is 0 Å². The Balaban J connectivity index is 1.91. The molecular formula is C22H25Cl2N3O2. The van der Waals surface area contributed by atoms with Gasteiger partial charge >= 0.3 is 0 Å². The van der Waals surface area contributed by atoms with Crippen LogP contribution >= 0.6 is 23.2 Å². The molecule has 7 heteroatoms. The Morgan fingerprint density at radius 2 is 1.69 bits per heavy atom. The van der Waals surface area contributed by atoms with Crippen molar-refractivity contribution in [2.45, 2.75) is 26.7 Å². The molecule has 5 nitrogen and oxygen atoms in total. The molecule has 0 spiro atoms. The molecule has 1 fully saturated rings. The molecule has 2 amide bonds. The minimum absolute atomic E-state index is 0.0254. The summed E-state index contributed by atoms with van der Waals surface area (Å²) in [5.41, 5.74) is 2.51. The molecule has 1 N–H and O–H groups in total. The minimum atomic E-state index is -0.307. The third-order valence-corrected chi connectivity index (χ3v) is 5.90. The lowest BCUT2D eigenvalue weighted by Crippen LogP contribution is -2.32. The maximum Gasteiger partial charge on any atom is 0.256 e. The highest BCUT2D eigenvalue weighted by molar-refractivity contribution is 6.42. The van der Waals surface area contributed by atoms with Crippen molar-refractivity contribution in [3.05, 3.63) is 57.6 Å². The zero-order valence-corrected chi connectivity index (χ0v) is 18.2. The summed E-state index contributed by atoms with van der Waals surface area (Å²) in [6.07, 6.45) is 2.24. The molecule has 1 heterocycles. The van der Waals surface area contributed by atoms with Gasteiger partial charge in [0, 0.05) is 43.1 Å². The second kappa shape index (κ2) is 9.51. The van der Waals surface area contributed by atoms with Gasteiger partial charge in [-0.05, 0) is 63.1 Å². The molecule has 0 aliphatic carbocycles. The number of nitrogens with zero attached hydrogens (tertiary/aromatic N) is 2.